The number of nitrogens with zero attached hydrogens (tertiary/aromatic N) is 1. The van der Waals surface area contributed by atoms with Crippen LogP contribution in [0.1, 0.15) is 29.2 Å². The van der Waals surface area contributed by atoms with Gasteiger partial charge in [-0.25, -0.2) is 8.42 Å². The van der Waals surface area contributed by atoms with E-state index in [4.69, 9.17) is 0 Å². The zero-order valence-corrected chi connectivity index (χ0v) is 16.6. The Morgan fingerprint density at radius 2 is 1.81 bits per heavy atom. The van der Waals surface area contributed by atoms with Crippen molar-refractivity contribution in [3.05, 3.63) is 64.7 Å². The molecule has 0 radical (unpaired) electrons. The van der Waals surface area contributed by atoms with Crippen LogP contribution in [0.2, 0.25) is 0 Å². The summed E-state index contributed by atoms with van der Waals surface area (Å²) in [4.78, 5) is 12.4. The summed E-state index contributed by atoms with van der Waals surface area (Å²) in [7, 11) is -3.59. The molecule has 0 spiro atoms. The number of carbonyl (C=O) groups is 1. The van der Waals surface area contributed by atoms with Crippen LogP contribution in [-0.2, 0) is 27.8 Å². The lowest BCUT2D eigenvalue weighted by Crippen LogP contribution is -2.41. The highest BCUT2D eigenvalue weighted by atomic mass is 32.2. The molecule has 2 aromatic rings. The van der Waals surface area contributed by atoms with E-state index in [9.17, 15) is 13.2 Å². The number of aryl methyl sites for hydroxylation is 3. The number of rotatable bonds is 7. The zero-order valence-electron chi connectivity index (χ0n) is 15.7. The van der Waals surface area contributed by atoms with Gasteiger partial charge in [-0.3, -0.25) is 9.10 Å². The van der Waals surface area contributed by atoms with Crippen molar-refractivity contribution >= 4 is 21.6 Å². The summed E-state index contributed by atoms with van der Waals surface area (Å²) in [6, 6.07) is 13.5. The second-order valence-corrected chi connectivity index (χ2v) is 8.38. The number of amides is 1. The first-order valence-corrected chi connectivity index (χ1v) is 10.5. The number of hydrogen-bond acceptors (Lipinski definition) is 3. The van der Waals surface area contributed by atoms with Gasteiger partial charge < -0.3 is 5.32 Å². The minimum Gasteiger partial charge on any atom is -0.350 e. The van der Waals surface area contributed by atoms with Gasteiger partial charge in [0.15, 0.2) is 0 Å². The zero-order chi connectivity index (χ0) is 19.3. The first-order valence-electron chi connectivity index (χ1n) is 8.60. The molecule has 2 rings (SSSR count). The molecule has 6 heteroatoms. The minimum absolute atomic E-state index is 0.234. The molecule has 5 nitrogen and oxygen atoms in total. The van der Waals surface area contributed by atoms with E-state index in [1.807, 2.05) is 63.2 Å². The molecule has 0 bridgehead atoms. The van der Waals surface area contributed by atoms with Crippen LogP contribution in [0.15, 0.2) is 42.5 Å². The molecule has 0 aliphatic carbocycles. The summed E-state index contributed by atoms with van der Waals surface area (Å²) in [5.74, 6) is -0.331. The van der Waals surface area contributed by atoms with Crippen LogP contribution in [0, 0.1) is 13.8 Å². The highest BCUT2D eigenvalue weighted by Gasteiger charge is 2.24. The summed E-state index contributed by atoms with van der Waals surface area (Å²) >= 11 is 0. The number of hydrogen-bond donors (Lipinski definition) is 1. The van der Waals surface area contributed by atoms with E-state index in [0.717, 1.165) is 28.5 Å². The summed E-state index contributed by atoms with van der Waals surface area (Å²) in [6.07, 6.45) is 1.82. The molecule has 0 saturated heterocycles. The Morgan fingerprint density at radius 1 is 1.12 bits per heavy atom. The van der Waals surface area contributed by atoms with E-state index in [1.54, 1.807) is 0 Å². The van der Waals surface area contributed by atoms with Crippen molar-refractivity contribution in [2.45, 2.75) is 33.7 Å². The molecular formula is C20H26N2O3S. The second-order valence-electron chi connectivity index (χ2n) is 6.47. The Balaban J connectivity index is 2.20. The lowest BCUT2D eigenvalue weighted by atomic mass is 10.1. The molecule has 0 aliphatic heterocycles. The third-order valence-corrected chi connectivity index (χ3v) is 5.32. The number of benzene rings is 2. The third-order valence-electron chi connectivity index (χ3n) is 4.21. The molecule has 1 N–H and O–H groups in total. The van der Waals surface area contributed by atoms with Gasteiger partial charge >= 0.3 is 0 Å². The lowest BCUT2D eigenvalue weighted by Gasteiger charge is -2.26. The Labute approximate surface area is 156 Å². The average Bonchev–Trinajstić information content (AvgIpc) is 2.57. The summed E-state index contributed by atoms with van der Waals surface area (Å²) in [5, 5.41) is 2.81. The molecule has 0 saturated carbocycles. The molecule has 0 unspecified atom stereocenters. The van der Waals surface area contributed by atoms with Crippen LogP contribution < -0.4 is 9.62 Å². The van der Waals surface area contributed by atoms with E-state index in [0.29, 0.717) is 18.7 Å². The first-order chi connectivity index (χ1) is 12.2. The fourth-order valence-corrected chi connectivity index (χ4v) is 3.88. The predicted molar refractivity (Wildman–Crippen MR) is 106 cm³/mol. The topological polar surface area (TPSA) is 66.5 Å². The highest BCUT2D eigenvalue weighted by molar-refractivity contribution is 7.92. The van der Waals surface area contributed by atoms with Crippen LogP contribution in [0.5, 0.6) is 0 Å². The number of para-hydroxylation sites is 1. The van der Waals surface area contributed by atoms with Gasteiger partial charge in [-0.15, -0.1) is 0 Å². The van der Waals surface area contributed by atoms with Crippen LogP contribution in [0.4, 0.5) is 5.69 Å². The van der Waals surface area contributed by atoms with Gasteiger partial charge in [0.2, 0.25) is 15.9 Å². The van der Waals surface area contributed by atoms with Crippen LogP contribution >= 0.6 is 0 Å². The van der Waals surface area contributed by atoms with Crippen LogP contribution in [0.25, 0.3) is 0 Å². The monoisotopic (exact) mass is 374 g/mol. The molecule has 26 heavy (non-hydrogen) atoms. The minimum atomic E-state index is -3.59. The fourth-order valence-electron chi connectivity index (χ4n) is 2.93. The number of sulfonamides is 1. The van der Waals surface area contributed by atoms with Gasteiger partial charge in [0, 0.05) is 6.54 Å². The molecule has 0 heterocycles. The van der Waals surface area contributed by atoms with Crippen molar-refractivity contribution in [3.8, 4) is 0 Å². The van der Waals surface area contributed by atoms with Gasteiger partial charge in [-0.2, -0.15) is 0 Å². The first kappa shape index (κ1) is 20.0. The van der Waals surface area contributed by atoms with Crippen molar-refractivity contribution in [3.63, 3.8) is 0 Å². The fraction of sp³-hybridized carbons (Fsp3) is 0.350. The van der Waals surface area contributed by atoms with Gasteiger partial charge in [-0.1, -0.05) is 55.0 Å². The van der Waals surface area contributed by atoms with E-state index in [-0.39, 0.29) is 12.5 Å². The molecule has 140 valence electrons. The van der Waals surface area contributed by atoms with E-state index >= 15 is 0 Å². The quantitative estimate of drug-likeness (QED) is 0.810. The highest BCUT2D eigenvalue weighted by Crippen LogP contribution is 2.27. The van der Waals surface area contributed by atoms with Gasteiger partial charge in [0.05, 0.1) is 11.9 Å². The molecule has 0 fully saturated rings. The Kier molecular flexibility index (Phi) is 6.42. The van der Waals surface area contributed by atoms with Crippen molar-refractivity contribution in [1.29, 1.82) is 0 Å². The molecule has 0 aliphatic rings. The van der Waals surface area contributed by atoms with Crippen molar-refractivity contribution in [2.24, 2.45) is 0 Å². The summed E-state index contributed by atoms with van der Waals surface area (Å²) < 4.78 is 25.9. The molecule has 1 amide bonds. The average molecular weight is 375 g/mol. The maximum Gasteiger partial charge on any atom is 0.241 e. The number of carbonyl (C=O) groups excluding carboxylic acids is 1. The Morgan fingerprint density at radius 3 is 2.42 bits per heavy atom. The van der Waals surface area contributed by atoms with Crippen LogP contribution in [-0.4, -0.2) is 27.1 Å². The smallest absolute Gasteiger partial charge is 0.241 e. The molecule has 0 aromatic heterocycles. The Bertz CT molecular complexity index is 892. The lowest BCUT2D eigenvalue weighted by molar-refractivity contribution is -0.119. The predicted octanol–water partition coefficient (Wildman–Crippen LogP) is 2.95. The van der Waals surface area contributed by atoms with Crippen molar-refractivity contribution in [2.75, 3.05) is 17.1 Å². The maximum atomic E-state index is 12.4. The van der Waals surface area contributed by atoms with Gasteiger partial charge in [0.1, 0.15) is 6.54 Å². The van der Waals surface area contributed by atoms with Crippen LogP contribution in [0.3, 0.4) is 0 Å². The van der Waals surface area contributed by atoms with E-state index in [1.165, 1.54) is 4.31 Å². The van der Waals surface area contributed by atoms with Gasteiger partial charge in [-0.05, 0) is 37.0 Å². The normalized spacial score (nSPS) is 11.2. The number of nitrogens with one attached hydrogen (secondary N) is 1. The van der Waals surface area contributed by atoms with Crippen molar-refractivity contribution < 1.29 is 13.2 Å². The SMILES string of the molecule is CCc1cccc(C)c1N(CC(=O)NCc1cccc(C)c1)S(C)(=O)=O. The second kappa shape index (κ2) is 8.36. The van der Waals surface area contributed by atoms with E-state index in [2.05, 4.69) is 5.32 Å². The number of anilines is 1. The van der Waals surface area contributed by atoms with Crippen molar-refractivity contribution in [1.82, 2.24) is 5.32 Å². The summed E-state index contributed by atoms with van der Waals surface area (Å²) in [5.41, 5.74) is 4.43. The third kappa shape index (κ3) is 5.08. The maximum absolute atomic E-state index is 12.4. The van der Waals surface area contributed by atoms with E-state index < -0.39 is 10.0 Å². The standard InChI is InChI=1S/C20H26N2O3S/c1-5-18-11-7-9-16(3)20(18)22(26(4,24)25)14-19(23)21-13-17-10-6-8-15(2)12-17/h6-12H,5,13-14H2,1-4H3,(H,21,23). The largest absolute Gasteiger partial charge is 0.350 e. The Hall–Kier alpha value is -2.34. The molecule has 2 aromatic carbocycles. The molecule has 0 atom stereocenters. The molecular weight excluding hydrogens is 348 g/mol. The van der Waals surface area contributed by atoms with Gasteiger partial charge in [0.25, 0.3) is 0 Å². The summed E-state index contributed by atoms with van der Waals surface area (Å²) in [6.45, 7) is 5.95.